The van der Waals surface area contributed by atoms with Crippen LogP contribution in [-0.4, -0.2) is 12.1 Å². The van der Waals surface area contributed by atoms with Crippen LogP contribution in [0.1, 0.15) is 10.6 Å². The van der Waals surface area contributed by atoms with Crippen LogP contribution in [0.3, 0.4) is 0 Å². The summed E-state index contributed by atoms with van der Waals surface area (Å²) in [6.07, 6.45) is 1.84. The monoisotopic (exact) mass is 396 g/mol. The Bertz CT molecular complexity index is 923. The predicted molar refractivity (Wildman–Crippen MR) is 102 cm³/mol. The summed E-state index contributed by atoms with van der Waals surface area (Å²) in [6.45, 7) is 0. The summed E-state index contributed by atoms with van der Waals surface area (Å²) in [6, 6.07) is 17.8. The van der Waals surface area contributed by atoms with Crippen LogP contribution in [0.5, 0.6) is 5.75 Å². The standard InChI is InChI=1S/C19H13BrN2OS/c1-23-17-7-5-13(6-8-17)9-15(11-21)19-22-18(12-24-19)14-3-2-4-16(20)10-14/h2-10,12H,1H3. The third kappa shape index (κ3) is 3.73. The summed E-state index contributed by atoms with van der Waals surface area (Å²) in [7, 11) is 1.63. The number of allylic oxidation sites excluding steroid dienone is 1. The lowest BCUT2D eigenvalue weighted by Gasteiger charge is -2.00. The van der Waals surface area contributed by atoms with Crippen LogP contribution in [0.4, 0.5) is 0 Å². The first kappa shape index (κ1) is 16.4. The second kappa shape index (κ2) is 7.43. The predicted octanol–water partition coefficient (Wildman–Crippen LogP) is 5.65. The normalized spacial score (nSPS) is 11.1. The minimum Gasteiger partial charge on any atom is -0.497 e. The Labute approximate surface area is 153 Å². The largest absolute Gasteiger partial charge is 0.497 e. The zero-order valence-electron chi connectivity index (χ0n) is 12.9. The van der Waals surface area contributed by atoms with E-state index in [-0.39, 0.29) is 0 Å². The fourth-order valence-corrected chi connectivity index (χ4v) is 3.38. The number of benzene rings is 2. The second-order valence-corrected chi connectivity index (χ2v) is 6.77. The Kier molecular flexibility index (Phi) is 5.09. The van der Waals surface area contributed by atoms with Gasteiger partial charge in [-0.3, -0.25) is 0 Å². The minimum absolute atomic E-state index is 0.548. The summed E-state index contributed by atoms with van der Waals surface area (Å²) in [5, 5.41) is 12.2. The van der Waals surface area contributed by atoms with Crippen molar-refractivity contribution >= 4 is 38.9 Å². The lowest BCUT2D eigenvalue weighted by molar-refractivity contribution is 0.415. The smallest absolute Gasteiger partial charge is 0.134 e. The SMILES string of the molecule is COc1ccc(C=C(C#N)c2nc(-c3cccc(Br)c3)cs2)cc1. The van der Waals surface area contributed by atoms with Gasteiger partial charge in [0.2, 0.25) is 0 Å². The van der Waals surface area contributed by atoms with Gasteiger partial charge in [0.05, 0.1) is 18.4 Å². The molecule has 3 rings (SSSR count). The van der Waals surface area contributed by atoms with Crippen molar-refractivity contribution in [1.29, 1.82) is 5.26 Å². The van der Waals surface area contributed by atoms with Gasteiger partial charge in [-0.15, -0.1) is 11.3 Å². The number of nitrogens with zero attached hydrogens (tertiary/aromatic N) is 2. The van der Waals surface area contributed by atoms with E-state index < -0.39 is 0 Å². The summed E-state index contributed by atoms with van der Waals surface area (Å²) in [5.41, 5.74) is 3.37. The van der Waals surface area contributed by atoms with E-state index in [4.69, 9.17) is 4.74 Å². The molecule has 1 aromatic heterocycles. The molecule has 3 aromatic rings. The average molecular weight is 397 g/mol. The third-order valence-corrected chi connectivity index (χ3v) is 4.77. The van der Waals surface area contributed by atoms with Crippen LogP contribution in [-0.2, 0) is 0 Å². The second-order valence-electron chi connectivity index (χ2n) is 4.99. The highest BCUT2D eigenvalue weighted by Gasteiger charge is 2.09. The van der Waals surface area contributed by atoms with Crippen LogP contribution in [0.2, 0.25) is 0 Å². The molecule has 0 saturated carbocycles. The van der Waals surface area contributed by atoms with Crippen LogP contribution < -0.4 is 4.74 Å². The van der Waals surface area contributed by atoms with E-state index >= 15 is 0 Å². The minimum atomic E-state index is 0.548. The molecule has 0 spiro atoms. The van der Waals surface area contributed by atoms with Gasteiger partial charge in [-0.2, -0.15) is 5.26 Å². The molecule has 0 atom stereocenters. The van der Waals surface area contributed by atoms with Crippen molar-refractivity contribution in [1.82, 2.24) is 4.98 Å². The fourth-order valence-electron chi connectivity index (χ4n) is 2.19. The maximum atomic E-state index is 9.48. The van der Waals surface area contributed by atoms with Crippen molar-refractivity contribution in [2.45, 2.75) is 0 Å². The number of nitriles is 1. The Balaban J connectivity index is 1.91. The molecule has 0 radical (unpaired) electrons. The molecule has 2 aromatic carbocycles. The van der Waals surface area contributed by atoms with Crippen molar-refractivity contribution in [2.24, 2.45) is 0 Å². The Morgan fingerprint density at radius 2 is 2.04 bits per heavy atom. The number of ether oxygens (including phenoxy) is 1. The van der Waals surface area contributed by atoms with Gasteiger partial charge in [-0.25, -0.2) is 4.98 Å². The maximum Gasteiger partial charge on any atom is 0.134 e. The molecule has 0 fully saturated rings. The van der Waals surface area contributed by atoms with Gasteiger partial charge >= 0.3 is 0 Å². The van der Waals surface area contributed by atoms with Gasteiger partial charge in [0.15, 0.2) is 0 Å². The number of halogens is 1. The van der Waals surface area contributed by atoms with Crippen molar-refractivity contribution < 1.29 is 4.74 Å². The Hall–Kier alpha value is -2.42. The molecule has 0 aliphatic heterocycles. The average Bonchev–Trinajstić information content (AvgIpc) is 3.10. The zero-order valence-corrected chi connectivity index (χ0v) is 15.3. The molecule has 0 amide bonds. The van der Waals surface area contributed by atoms with Crippen LogP contribution >= 0.6 is 27.3 Å². The van der Waals surface area contributed by atoms with Crippen molar-refractivity contribution in [3.8, 4) is 23.1 Å². The summed E-state index contributed by atoms with van der Waals surface area (Å²) in [5.74, 6) is 0.789. The van der Waals surface area contributed by atoms with Gasteiger partial charge in [-0.1, -0.05) is 40.2 Å². The molecule has 0 aliphatic carbocycles. The number of aromatic nitrogens is 1. The Morgan fingerprint density at radius 1 is 1.25 bits per heavy atom. The molecule has 0 unspecified atom stereocenters. The molecule has 118 valence electrons. The number of thiazole rings is 1. The first-order valence-electron chi connectivity index (χ1n) is 7.17. The number of hydrogen-bond donors (Lipinski definition) is 0. The van der Waals surface area contributed by atoms with Crippen molar-refractivity contribution in [3.05, 3.63) is 69.0 Å². The third-order valence-electron chi connectivity index (χ3n) is 3.40. The zero-order chi connectivity index (χ0) is 16.9. The molecule has 0 bridgehead atoms. The quantitative estimate of drug-likeness (QED) is 0.535. The molecule has 24 heavy (non-hydrogen) atoms. The van der Waals surface area contributed by atoms with E-state index in [0.29, 0.717) is 10.6 Å². The topological polar surface area (TPSA) is 45.9 Å². The Morgan fingerprint density at radius 3 is 2.71 bits per heavy atom. The highest BCUT2D eigenvalue weighted by atomic mass is 79.9. The van der Waals surface area contributed by atoms with Gasteiger partial charge in [-0.05, 0) is 35.9 Å². The molecule has 1 heterocycles. The van der Waals surface area contributed by atoms with Crippen LogP contribution in [0.15, 0.2) is 58.4 Å². The summed E-state index contributed by atoms with van der Waals surface area (Å²) < 4.78 is 6.15. The number of methoxy groups -OCH3 is 1. The number of hydrogen-bond acceptors (Lipinski definition) is 4. The highest BCUT2D eigenvalue weighted by molar-refractivity contribution is 9.10. The van der Waals surface area contributed by atoms with Gasteiger partial charge in [0.1, 0.15) is 16.8 Å². The molecular formula is C19H13BrN2OS. The van der Waals surface area contributed by atoms with E-state index in [1.165, 1.54) is 11.3 Å². The van der Waals surface area contributed by atoms with Crippen molar-refractivity contribution in [3.63, 3.8) is 0 Å². The highest BCUT2D eigenvalue weighted by Crippen LogP contribution is 2.28. The summed E-state index contributed by atoms with van der Waals surface area (Å²) in [4.78, 5) is 4.60. The molecular weight excluding hydrogens is 384 g/mol. The van der Waals surface area contributed by atoms with Gasteiger partial charge in [0.25, 0.3) is 0 Å². The van der Waals surface area contributed by atoms with Gasteiger partial charge in [0, 0.05) is 15.4 Å². The van der Waals surface area contributed by atoms with E-state index in [1.54, 1.807) is 7.11 Å². The van der Waals surface area contributed by atoms with Crippen molar-refractivity contribution in [2.75, 3.05) is 7.11 Å². The molecule has 0 N–H and O–H groups in total. The number of rotatable bonds is 4. The molecule has 5 heteroatoms. The molecule has 0 saturated heterocycles. The van der Waals surface area contributed by atoms with E-state index in [0.717, 1.165) is 27.0 Å². The van der Waals surface area contributed by atoms with E-state index in [9.17, 15) is 5.26 Å². The summed E-state index contributed by atoms with van der Waals surface area (Å²) >= 11 is 4.93. The van der Waals surface area contributed by atoms with Crippen LogP contribution in [0, 0.1) is 11.3 Å². The lowest BCUT2D eigenvalue weighted by Crippen LogP contribution is -1.84. The first-order valence-corrected chi connectivity index (χ1v) is 8.84. The first-order chi connectivity index (χ1) is 11.7. The lowest BCUT2D eigenvalue weighted by atomic mass is 10.1. The molecule has 3 nitrogen and oxygen atoms in total. The van der Waals surface area contributed by atoms with Crippen LogP contribution in [0.25, 0.3) is 22.9 Å². The van der Waals surface area contributed by atoms with E-state index in [1.807, 2.05) is 60.0 Å². The molecule has 0 aliphatic rings. The fraction of sp³-hybridized carbons (Fsp3) is 0.0526. The van der Waals surface area contributed by atoms with E-state index in [2.05, 4.69) is 27.0 Å². The maximum absolute atomic E-state index is 9.48. The van der Waals surface area contributed by atoms with Gasteiger partial charge < -0.3 is 4.74 Å².